The van der Waals surface area contributed by atoms with Gasteiger partial charge in [0, 0.05) is 0 Å². The van der Waals surface area contributed by atoms with Crippen molar-refractivity contribution in [1.82, 2.24) is 24.4 Å². The summed E-state index contributed by atoms with van der Waals surface area (Å²) in [7, 11) is 0. The summed E-state index contributed by atoms with van der Waals surface area (Å²) in [4.78, 5) is 25.5. The van der Waals surface area contributed by atoms with Gasteiger partial charge in [0.1, 0.15) is 0 Å². The molecule has 0 amide bonds. The number of rotatable bonds is 9. The molecule has 0 bridgehead atoms. The van der Waals surface area contributed by atoms with Gasteiger partial charge in [0.25, 0.3) is 0 Å². The normalized spacial score (nSPS) is 25.5. The van der Waals surface area contributed by atoms with E-state index in [0.717, 1.165) is 0 Å². The fraction of sp³-hybridized carbons (Fsp3) is 0.529. The molecule has 29 heavy (non-hydrogen) atoms. The molecule has 3 rings (SSSR count). The van der Waals surface area contributed by atoms with Crippen LogP contribution in [-0.4, -0.2) is 93.7 Å². The molecule has 0 unspecified atom stereocenters. The van der Waals surface area contributed by atoms with Gasteiger partial charge in [0.05, 0.1) is 0 Å². The van der Waals surface area contributed by atoms with Crippen LogP contribution in [0.5, 0.6) is 0 Å². The van der Waals surface area contributed by atoms with Gasteiger partial charge in [-0.1, -0.05) is 0 Å². The van der Waals surface area contributed by atoms with E-state index in [0.29, 0.717) is 29.9 Å². The first-order valence-electron chi connectivity index (χ1n) is 9.02. The number of aliphatic hydroxyl groups excluding tert-OH is 1. The summed E-state index contributed by atoms with van der Waals surface area (Å²) in [5.41, 5.74) is 6.82. The standard InChI is InChI=1S/C17H24N6O4SSe/c1-2-4-22(9(3-5-28)17(25)26)6-10-12(24)13(29)16(27-10)23-8-21-11-14(18)19-7-20-15(11)23/h2,7-10,12-13,16,24,28-29H,1,3-6H2,(H,25,26)(H2,18,19,20)/t9-,10+,12+,13+,16+/m0/s1. The van der Waals surface area contributed by atoms with Gasteiger partial charge in [-0.05, 0) is 0 Å². The SMILES string of the molecule is C=CCN(C[C@H]1O[C@@H](n2cnc3c(N)ncnc32)[C@H]([SeH])[C@@H]1O)[C@@H](CCS)C(=O)O. The molecule has 0 radical (unpaired) electrons. The van der Waals surface area contributed by atoms with Gasteiger partial charge in [-0.3, -0.25) is 0 Å². The van der Waals surface area contributed by atoms with E-state index >= 15 is 0 Å². The molecule has 2 aromatic rings. The third-order valence-electron chi connectivity index (χ3n) is 4.90. The second kappa shape index (κ2) is 9.41. The number of carboxylic acid groups (broad SMARTS) is 1. The van der Waals surface area contributed by atoms with Crippen molar-refractivity contribution in [3.8, 4) is 0 Å². The summed E-state index contributed by atoms with van der Waals surface area (Å²) in [6, 6.07) is -0.744. The van der Waals surface area contributed by atoms with E-state index in [1.165, 1.54) is 6.33 Å². The topological polar surface area (TPSA) is 140 Å². The zero-order valence-corrected chi connectivity index (χ0v) is 18.3. The van der Waals surface area contributed by atoms with E-state index in [-0.39, 0.29) is 17.2 Å². The van der Waals surface area contributed by atoms with Crippen LogP contribution in [0.1, 0.15) is 12.6 Å². The zero-order chi connectivity index (χ0) is 21.1. The van der Waals surface area contributed by atoms with Crippen LogP contribution in [0.3, 0.4) is 0 Å². The van der Waals surface area contributed by atoms with Crippen molar-refractivity contribution in [2.24, 2.45) is 0 Å². The van der Waals surface area contributed by atoms with E-state index in [9.17, 15) is 15.0 Å². The monoisotopic (exact) mass is 488 g/mol. The third kappa shape index (κ3) is 4.42. The van der Waals surface area contributed by atoms with Crippen molar-refractivity contribution >= 4 is 51.6 Å². The van der Waals surface area contributed by atoms with Crippen LogP contribution < -0.4 is 5.73 Å². The molecule has 5 atom stereocenters. The van der Waals surface area contributed by atoms with E-state index in [4.69, 9.17) is 10.5 Å². The molecule has 1 saturated heterocycles. The molecule has 4 N–H and O–H groups in total. The van der Waals surface area contributed by atoms with E-state index in [1.54, 1.807) is 21.9 Å². The summed E-state index contributed by atoms with van der Waals surface area (Å²) < 4.78 is 7.84. The number of aromatic nitrogens is 4. The number of thiol groups is 1. The number of aliphatic hydroxyl groups is 1. The van der Waals surface area contributed by atoms with Crippen molar-refractivity contribution in [1.29, 1.82) is 0 Å². The fourth-order valence-corrected chi connectivity index (χ4v) is 4.57. The molecule has 3 heterocycles. The third-order valence-corrected chi connectivity index (χ3v) is 6.34. The maximum absolute atomic E-state index is 11.7. The van der Waals surface area contributed by atoms with Gasteiger partial charge < -0.3 is 0 Å². The quantitative estimate of drug-likeness (QED) is 0.212. The molecule has 0 aliphatic carbocycles. The number of carboxylic acids is 1. The Balaban J connectivity index is 1.83. The van der Waals surface area contributed by atoms with Gasteiger partial charge in [0.2, 0.25) is 0 Å². The number of hydrogen-bond acceptors (Lipinski definition) is 9. The Morgan fingerprint density at radius 3 is 2.93 bits per heavy atom. The van der Waals surface area contributed by atoms with Crippen LogP contribution in [0, 0.1) is 0 Å². The second-order valence-corrected chi connectivity index (χ2v) is 8.44. The molecule has 158 valence electrons. The Labute approximate surface area is 181 Å². The number of imidazole rings is 1. The molecule has 10 nitrogen and oxygen atoms in total. The van der Waals surface area contributed by atoms with Crippen LogP contribution in [0.15, 0.2) is 25.3 Å². The molecule has 12 heteroatoms. The number of nitrogens with two attached hydrogens (primary N) is 1. The average Bonchev–Trinajstić information content (AvgIpc) is 3.23. The molecular weight excluding hydrogens is 463 g/mol. The van der Waals surface area contributed by atoms with Crippen molar-refractivity contribution in [3.63, 3.8) is 0 Å². The van der Waals surface area contributed by atoms with Crippen LogP contribution in [0.4, 0.5) is 5.82 Å². The van der Waals surface area contributed by atoms with Gasteiger partial charge in [0.15, 0.2) is 0 Å². The van der Waals surface area contributed by atoms with E-state index < -0.39 is 30.4 Å². The molecular formula is C17H24N6O4SSe. The molecule has 0 saturated carbocycles. The predicted octanol–water partition coefficient (Wildman–Crippen LogP) is -0.383. The first kappa shape index (κ1) is 22.0. The number of anilines is 1. The van der Waals surface area contributed by atoms with E-state index in [1.807, 2.05) is 0 Å². The van der Waals surface area contributed by atoms with Gasteiger partial charge >= 0.3 is 181 Å². The number of aliphatic carboxylic acids is 1. The first-order valence-corrected chi connectivity index (χ1v) is 10.7. The summed E-state index contributed by atoms with van der Waals surface area (Å²) in [5, 5.41) is 20.4. The van der Waals surface area contributed by atoms with Crippen LogP contribution in [0.2, 0.25) is 4.82 Å². The number of carbonyl (C=O) groups is 1. The van der Waals surface area contributed by atoms with Crippen LogP contribution in [0.25, 0.3) is 11.2 Å². The summed E-state index contributed by atoms with van der Waals surface area (Å²) in [6.07, 6.45) is 2.92. The maximum atomic E-state index is 11.7. The Hall–Kier alpha value is -1.69. The zero-order valence-electron chi connectivity index (χ0n) is 15.6. The second-order valence-electron chi connectivity index (χ2n) is 6.74. The predicted molar refractivity (Wildman–Crippen MR) is 112 cm³/mol. The van der Waals surface area contributed by atoms with Gasteiger partial charge in [-0.25, -0.2) is 0 Å². The fourth-order valence-electron chi connectivity index (χ4n) is 3.48. The number of hydrogen-bond donors (Lipinski definition) is 4. The number of nitrogen functional groups attached to an aromatic ring is 1. The van der Waals surface area contributed by atoms with Crippen molar-refractivity contribution in [2.75, 3.05) is 24.6 Å². The van der Waals surface area contributed by atoms with Gasteiger partial charge in [-0.2, -0.15) is 0 Å². The number of nitrogens with zero attached hydrogens (tertiary/aromatic N) is 5. The Morgan fingerprint density at radius 2 is 2.28 bits per heavy atom. The first-order chi connectivity index (χ1) is 13.9. The van der Waals surface area contributed by atoms with Crippen LogP contribution >= 0.6 is 12.6 Å². The molecule has 2 aromatic heterocycles. The minimum absolute atomic E-state index is 0.229. The Morgan fingerprint density at radius 1 is 1.52 bits per heavy atom. The number of fused-ring (bicyclic) bond motifs is 1. The summed E-state index contributed by atoms with van der Waals surface area (Å²) in [6.45, 7) is 4.29. The Kier molecular flexibility index (Phi) is 7.14. The number of ether oxygens (including phenoxy) is 1. The van der Waals surface area contributed by atoms with Crippen molar-refractivity contribution in [2.45, 2.75) is 35.7 Å². The summed E-state index contributed by atoms with van der Waals surface area (Å²) in [5.74, 6) is -0.253. The minimum atomic E-state index is -0.943. The molecule has 0 spiro atoms. The Bertz CT molecular complexity index is 883. The van der Waals surface area contributed by atoms with Crippen molar-refractivity contribution < 1.29 is 19.7 Å². The van der Waals surface area contributed by atoms with Crippen LogP contribution in [-0.2, 0) is 9.53 Å². The van der Waals surface area contributed by atoms with Crippen molar-refractivity contribution in [3.05, 3.63) is 25.3 Å². The summed E-state index contributed by atoms with van der Waals surface area (Å²) >= 11 is 6.57. The molecule has 1 aliphatic rings. The molecule has 1 aliphatic heterocycles. The average molecular weight is 487 g/mol. The van der Waals surface area contributed by atoms with E-state index in [2.05, 4.69) is 50.2 Å². The molecule has 1 fully saturated rings. The molecule has 0 aromatic carbocycles. The van der Waals surface area contributed by atoms with Gasteiger partial charge in [-0.15, -0.1) is 0 Å².